The summed E-state index contributed by atoms with van der Waals surface area (Å²) in [4.78, 5) is 12.4. The Morgan fingerprint density at radius 3 is 2.46 bits per heavy atom. The van der Waals surface area contributed by atoms with Gasteiger partial charge >= 0.3 is 6.09 Å². The van der Waals surface area contributed by atoms with Crippen LogP contribution in [0.25, 0.3) is 0 Å². The highest BCUT2D eigenvalue weighted by atomic mass is 32.2. The van der Waals surface area contributed by atoms with E-state index in [9.17, 15) is 13.2 Å². The van der Waals surface area contributed by atoms with Crippen molar-refractivity contribution in [3.63, 3.8) is 0 Å². The lowest BCUT2D eigenvalue weighted by atomic mass is 9.97. The van der Waals surface area contributed by atoms with E-state index >= 15 is 0 Å². The normalized spacial score (nSPS) is 22.1. The summed E-state index contributed by atoms with van der Waals surface area (Å²) < 4.78 is 38.2. The van der Waals surface area contributed by atoms with Crippen LogP contribution in [0, 0.1) is 13.8 Å². The molecule has 2 heterocycles. The molecule has 1 fully saturated rings. The highest BCUT2D eigenvalue weighted by Crippen LogP contribution is 2.41. The SMILES string of the molecule is Cc1ccc(S(=O)(=O)N2C(=O)OCC23CCc2cc(C)ccc2O3)cc1. The molecule has 0 bridgehead atoms. The van der Waals surface area contributed by atoms with Crippen molar-refractivity contribution in [2.45, 2.75) is 37.3 Å². The molecule has 2 aromatic rings. The molecular weight excluding hydrogens is 354 g/mol. The Bertz CT molecular complexity index is 983. The minimum absolute atomic E-state index is 0.0413. The van der Waals surface area contributed by atoms with Crippen LogP contribution >= 0.6 is 0 Å². The molecule has 2 aliphatic heterocycles. The quantitative estimate of drug-likeness (QED) is 0.808. The molecule has 0 aliphatic carbocycles. The Morgan fingerprint density at radius 2 is 1.73 bits per heavy atom. The van der Waals surface area contributed by atoms with E-state index in [2.05, 4.69) is 0 Å². The maximum atomic E-state index is 13.1. The molecule has 1 unspecified atom stereocenters. The zero-order valence-electron chi connectivity index (χ0n) is 14.6. The van der Waals surface area contributed by atoms with Crippen molar-refractivity contribution in [3.05, 3.63) is 59.2 Å². The first-order chi connectivity index (χ1) is 12.3. The standard InChI is InChI=1S/C19H19NO5S/c1-13-3-6-16(7-4-13)26(22,23)20-18(21)24-12-19(20)10-9-15-11-14(2)5-8-17(15)25-19/h3-8,11H,9-10,12H2,1-2H3. The highest BCUT2D eigenvalue weighted by molar-refractivity contribution is 7.89. The second kappa shape index (κ2) is 5.74. The number of rotatable bonds is 2. The van der Waals surface area contributed by atoms with E-state index in [1.807, 2.05) is 32.0 Å². The van der Waals surface area contributed by atoms with Gasteiger partial charge in [-0.2, -0.15) is 4.31 Å². The molecule has 0 aromatic heterocycles. The molecule has 1 amide bonds. The van der Waals surface area contributed by atoms with E-state index in [1.165, 1.54) is 12.1 Å². The van der Waals surface area contributed by atoms with Crippen molar-refractivity contribution in [2.75, 3.05) is 6.61 Å². The number of carbonyl (C=O) groups excluding carboxylic acids is 1. The summed E-state index contributed by atoms with van der Waals surface area (Å²) in [7, 11) is -4.09. The van der Waals surface area contributed by atoms with Crippen molar-refractivity contribution in [2.24, 2.45) is 0 Å². The Labute approximate surface area is 152 Å². The number of nitrogens with zero attached hydrogens (tertiary/aromatic N) is 1. The number of fused-ring (bicyclic) bond motifs is 1. The smallest absolute Gasteiger partial charge is 0.427 e. The number of aryl methyl sites for hydroxylation is 3. The molecule has 0 saturated carbocycles. The van der Waals surface area contributed by atoms with Crippen molar-refractivity contribution >= 4 is 16.1 Å². The molecule has 4 rings (SSSR count). The van der Waals surface area contributed by atoms with E-state index in [-0.39, 0.29) is 11.5 Å². The topological polar surface area (TPSA) is 72.9 Å². The van der Waals surface area contributed by atoms with E-state index in [0.29, 0.717) is 18.6 Å². The third-order valence-corrected chi connectivity index (χ3v) is 6.65. The summed E-state index contributed by atoms with van der Waals surface area (Å²) in [6.07, 6.45) is 0.0505. The third-order valence-electron chi connectivity index (χ3n) is 4.82. The van der Waals surface area contributed by atoms with Gasteiger partial charge in [0.15, 0.2) is 6.61 Å². The molecule has 2 aliphatic rings. The summed E-state index contributed by atoms with van der Waals surface area (Å²) in [6, 6.07) is 12.1. The van der Waals surface area contributed by atoms with Gasteiger partial charge in [-0.1, -0.05) is 35.4 Å². The molecule has 1 atom stereocenters. The van der Waals surface area contributed by atoms with Crippen LogP contribution in [0.2, 0.25) is 0 Å². The van der Waals surface area contributed by atoms with Crippen molar-refractivity contribution in [1.29, 1.82) is 0 Å². The molecule has 136 valence electrons. The second-order valence-electron chi connectivity index (χ2n) is 6.80. The monoisotopic (exact) mass is 373 g/mol. The van der Waals surface area contributed by atoms with Crippen LogP contribution in [-0.4, -0.2) is 31.1 Å². The average Bonchev–Trinajstić information content (AvgIpc) is 2.92. The number of carbonyl (C=O) groups is 1. The van der Waals surface area contributed by atoms with Gasteiger partial charge in [0.05, 0.1) is 4.90 Å². The van der Waals surface area contributed by atoms with E-state index in [4.69, 9.17) is 9.47 Å². The first-order valence-corrected chi connectivity index (χ1v) is 9.83. The lowest BCUT2D eigenvalue weighted by Crippen LogP contribution is -2.56. The van der Waals surface area contributed by atoms with Gasteiger partial charge in [0.25, 0.3) is 10.0 Å². The van der Waals surface area contributed by atoms with Crippen LogP contribution in [0.5, 0.6) is 5.75 Å². The molecule has 0 N–H and O–H groups in total. The van der Waals surface area contributed by atoms with Gasteiger partial charge in [-0.3, -0.25) is 0 Å². The third kappa shape index (κ3) is 2.54. The maximum Gasteiger partial charge on any atom is 0.427 e. The zero-order valence-corrected chi connectivity index (χ0v) is 15.4. The number of cyclic esters (lactones) is 1. The van der Waals surface area contributed by atoms with Crippen LogP contribution in [0.4, 0.5) is 4.79 Å². The predicted molar refractivity (Wildman–Crippen MR) is 94.4 cm³/mol. The molecule has 26 heavy (non-hydrogen) atoms. The Morgan fingerprint density at radius 1 is 1.04 bits per heavy atom. The first kappa shape index (κ1) is 16.9. The molecule has 0 radical (unpaired) electrons. The fourth-order valence-electron chi connectivity index (χ4n) is 3.42. The fourth-order valence-corrected chi connectivity index (χ4v) is 4.98. The Hall–Kier alpha value is -2.54. The van der Waals surface area contributed by atoms with E-state index in [1.54, 1.807) is 12.1 Å². The molecule has 1 saturated heterocycles. The van der Waals surface area contributed by atoms with Crippen molar-refractivity contribution in [3.8, 4) is 5.75 Å². The summed E-state index contributed by atoms with van der Waals surface area (Å²) in [5.74, 6) is 0.587. The van der Waals surface area contributed by atoms with Gasteiger partial charge in [-0.25, -0.2) is 13.2 Å². The van der Waals surface area contributed by atoms with Gasteiger partial charge in [-0.15, -0.1) is 0 Å². The average molecular weight is 373 g/mol. The van der Waals surface area contributed by atoms with Gasteiger partial charge in [0, 0.05) is 6.42 Å². The van der Waals surface area contributed by atoms with Crippen LogP contribution in [0.15, 0.2) is 47.4 Å². The molecule has 1 spiro atoms. The summed E-state index contributed by atoms with van der Waals surface area (Å²) in [5, 5.41) is 0. The number of sulfonamides is 1. The zero-order chi connectivity index (χ0) is 18.5. The van der Waals surface area contributed by atoms with Gasteiger partial charge in [-0.05, 0) is 44.0 Å². The van der Waals surface area contributed by atoms with Crippen LogP contribution in [0.3, 0.4) is 0 Å². The number of hydrogen-bond donors (Lipinski definition) is 0. The first-order valence-electron chi connectivity index (χ1n) is 8.39. The second-order valence-corrected chi connectivity index (χ2v) is 8.58. The highest BCUT2D eigenvalue weighted by Gasteiger charge is 2.57. The summed E-state index contributed by atoms with van der Waals surface area (Å²) in [5.41, 5.74) is 1.69. The lowest BCUT2D eigenvalue weighted by molar-refractivity contribution is -0.0193. The molecule has 7 heteroatoms. The van der Waals surface area contributed by atoms with Crippen LogP contribution in [0.1, 0.15) is 23.1 Å². The van der Waals surface area contributed by atoms with Crippen LogP contribution in [-0.2, 0) is 21.2 Å². The maximum absolute atomic E-state index is 13.1. The number of ether oxygens (including phenoxy) is 2. The number of amides is 1. The van der Waals surface area contributed by atoms with Crippen LogP contribution < -0.4 is 4.74 Å². The molecular formula is C19H19NO5S. The minimum atomic E-state index is -4.09. The van der Waals surface area contributed by atoms with Crippen molar-refractivity contribution < 1.29 is 22.7 Å². The Kier molecular flexibility index (Phi) is 3.73. The number of benzene rings is 2. The van der Waals surface area contributed by atoms with Gasteiger partial charge in [0.2, 0.25) is 5.72 Å². The Balaban J connectivity index is 1.76. The fraction of sp³-hybridized carbons (Fsp3) is 0.316. The van der Waals surface area contributed by atoms with E-state index < -0.39 is 21.8 Å². The van der Waals surface area contributed by atoms with Crippen molar-refractivity contribution in [1.82, 2.24) is 4.31 Å². The summed E-state index contributed by atoms with van der Waals surface area (Å²) >= 11 is 0. The molecule has 2 aromatic carbocycles. The van der Waals surface area contributed by atoms with E-state index in [0.717, 1.165) is 21.0 Å². The van der Waals surface area contributed by atoms with Gasteiger partial charge < -0.3 is 9.47 Å². The lowest BCUT2D eigenvalue weighted by Gasteiger charge is -2.38. The number of hydrogen-bond acceptors (Lipinski definition) is 5. The predicted octanol–water partition coefficient (Wildman–Crippen LogP) is 3.17. The minimum Gasteiger partial charge on any atom is -0.463 e. The summed E-state index contributed by atoms with van der Waals surface area (Å²) in [6.45, 7) is 3.73. The van der Waals surface area contributed by atoms with Gasteiger partial charge in [0.1, 0.15) is 5.75 Å². The largest absolute Gasteiger partial charge is 0.463 e. The molecule has 6 nitrogen and oxygen atoms in total.